The van der Waals surface area contributed by atoms with E-state index in [0.29, 0.717) is 25.3 Å². The fourth-order valence-electron chi connectivity index (χ4n) is 3.33. The van der Waals surface area contributed by atoms with E-state index in [2.05, 4.69) is 0 Å². The maximum atomic E-state index is 11.6. The number of amides is 1. The molecule has 3 rings (SSSR count). The van der Waals surface area contributed by atoms with Crippen LogP contribution in [0.25, 0.3) is 0 Å². The molecule has 0 bridgehead atoms. The van der Waals surface area contributed by atoms with E-state index in [-0.39, 0.29) is 12.5 Å². The van der Waals surface area contributed by atoms with Crippen LogP contribution in [0.3, 0.4) is 0 Å². The summed E-state index contributed by atoms with van der Waals surface area (Å²) in [5.41, 5.74) is 1.97. The highest BCUT2D eigenvalue weighted by molar-refractivity contribution is 5.74. The van der Waals surface area contributed by atoms with Crippen molar-refractivity contribution in [1.29, 1.82) is 0 Å². The lowest BCUT2D eigenvalue weighted by Crippen LogP contribution is -2.45. The first kappa shape index (κ1) is 17.8. The predicted octanol–water partition coefficient (Wildman–Crippen LogP) is 3.43. The van der Waals surface area contributed by atoms with Gasteiger partial charge < -0.3 is 19.8 Å². The van der Waals surface area contributed by atoms with Gasteiger partial charge in [0.15, 0.2) is 0 Å². The van der Waals surface area contributed by atoms with E-state index in [4.69, 9.17) is 9.84 Å². The summed E-state index contributed by atoms with van der Waals surface area (Å²) < 4.78 is 5.75. The van der Waals surface area contributed by atoms with Crippen molar-refractivity contribution in [2.75, 3.05) is 13.1 Å². The molecule has 6 heteroatoms. The number of carbonyl (C=O) groups is 2. The van der Waals surface area contributed by atoms with Gasteiger partial charge in [-0.25, -0.2) is 4.79 Å². The Morgan fingerprint density at radius 3 is 2.35 bits per heavy atom. The number of nitrogens with zero attached hydrogens (tertiary/aromatic N) is 1. The molecule has 1 aliphatic rings. The van der Waals surface area contributed by atoms with Crippen molar-refractivity contribution in [3.8, 4) is 5.75 Å². The Balaban J connectivity index is 1.67. The average Bonchev–Trinajstić information content (AvgIpc) is 2.67. The van der Waals surface area contributed by atoms with Crippen LogP contribution in [-0.2, 0) is 11.4 Å². The monoisotopic (exact) mass is 355 g/mol. The number of benzene rings is 2. The van der Waals surface area contributed by atoms with Crippen molar-refractivity contribution in [1.82, 2.24) is 4.90 Å². The first-order chi connectivity index (χ1) is 12.5. The molecule has 0 radical (unpaired) electrons. The van der Waals surface area contributed by atoms with Gasteiger partial charge in [0.25, 0.3) is 0 Å². The molecule has 0 saturated carbocycles. The Kier molecular flexibility index (Phi) is 5.41. The van der Waals surface area contributed by atoms with Gasteiger partial charge in [0.05, 0.1) is 5.92 Å². The molecule has 1 heterocycles. The summed E-state index contributed by atoms with van der Waals surface area (Å²) in [6, 6.07) is 17.3. The van der Waals surface area contributed by atoms with Crippen molar-refractivity contribution >= 4 is 12.1 Å². The normalized spacial score (nSPS) is 19.8. The quantitative estimate of drug-likeness (QED) is 0.858. The van der Waals surface area contributed by atoms with E-state index in [9.17, 15) is 14.7 Å². The van der Waals surface area contributed by atoms with Gasteiger partial charge in [0, 0.05) is 19.0 Å². The van der Waals surface area contributed by atoms with Crippen molar-refractivity contribution in [3.63, 3.8) is 0 Å². The fourth-order valence-corrected chi connectivity index (χ4v) is 3.33. The molecule has 6 nitrogen and oxygen atoms in total. The van der Waals surface area contributed by atoms with Gasteiger partial charge in [-0.1, -0.05) is 42.5 Å². The van der Waals surface area contributed by atoms with E-state index in [0.717, 1.165) is 11.1 Å². The zero-order chi connectivity index (χ0) is 18.5. The van der Waals surface area contributed by atoms with Gasteiger partial charge in [-0.3, -0.25) is 4.79 Å². The van der Waals surface area contributed by atoms with Crippen LogP contribution < -0.4 is 4.74 Å². The minimum Gasteiger partial charge on any atom is -0.489 e. The molecule has 1 saturated heterocycles. The van der Waals surface area contributed by atoms with Crippen LogP contribution in [0.1, 0.15) is 23.5 Å². The third kappa shape index (κ3) is 4.14. The number of likely N-dealkylation sites (tertiary alicyclic amines) is 1. The van der Waals surface area contributed by atoms with Gasteiger partial charge >= 0.3 is 12.1 Å². The number of ether oxygens (including phenoxy) is 1. The summed E-state index contributed by atoms with van der Waals surface area (Å²) in [7, 11) is 0. The van der Waals surface area contributed by atoms with E-state index < -0.39 is 18.0 Å². The molecule has 2 aromatic rings. The first-order valence-corrected chi connectivity index (χ1v) is 8.52. The van der Waals surface area contributed by atoms with Gasteiger partial charge in [-0.2, -0.15) is 0 Å². The Hall–Kier alpha value is -3.02. The number of aliphatic carboxylic acids is 1. The Morgan fingerprint density at radius 1 is 1.04 bits per heavy atom. The average molecular weight is 355 g/mol. The molecule has 0 unspecified atom stereocenters. The molecule has 1 fully saturated rings. The molecule has 136 valence electrons. The highest BCUT2D eigenvalue weighted by atomic mass is 16.5. The molecule has 0 spiro atoms. The Bertz CT molecular complexity index is 760. The van der Waals surface area contributed by atoms with Crippen LogP contribution in [0.4, 0.5) is 4.79 Å². The van der Waals surface area contributed by atoms with Crippen molar-refractivity contribution < 1.29 is 24.5 Å². The molecular weight excluding hydrogens is 334 g/mol. The van der Waals surface area contributed by atoms with E-state index >= 15 is 0 Å². The van der Waals surface area contributed by atoms with Crippen LogP contribution in [0.5, 0.6) is 5.75 Å². The van der Waals surface area contributed by atoms with E-state index in [1.54, 1.807) is 0 Å². The summed E-state index contributed by atoms with van der Waals surface area (Å²) in [5, 5.41) is 18.6. The molecule has 2 aromatic carbocycles. The molecule has 2 atom stereocenters. The SMILES string of the molecule is O=C(O)[C@H]1CN(C(=O)O)CC[C@H]1c1ccc(OCc2ccccc2)cc1. The lowest BCUT2D eigenvalue weighted by Gasteiger charge is -2.35. The van der Waals surface area contributed by atoms with E-state index in [1.807, 2.05) is 54.6 Å². The third-order valence-corrected chi connectivity index (χ3v) is 4.76. The van der Waals surface area contributed by atoms with Gasteiger partial charge in [-0.05, 0) is 29.7 Å². The maximum absolute atomic E-state index is 11.6. The number of carboxylic acid groups (broad SMARTS) is 2. The maximum Gasteiger partial charge on any atom is 0.407 e. The smallest absolute Gasteiger partial charge is 0.407 e. The van der Waals surface area contributed by atoms with Gasteiger partial charge in [0.2, 0.25) is 0 Å². The largest absolute Gasteiger partial charge is 0.489 e. The van der Waals surface area contributed by atoms with Gasteiger partial charge in [0.1, 0.15) is 12.4 Å². The first-order valence-electron chi connectivity index (χ1n) is 8.52. The van der Waals surface area contributed by atoms with E-state index in [1.165, 1.54) is 4.90 Å². The lowest BCUT2D eigenvalue weighted by atomic mass is 9.80. The number of hydrogen-bond acceptors (Lipinski definition) is 3. The topological polar surface area (TPSA) is 87.1 Å². The van der Waals surface area contributed by atoms with Crippen LogP contribution in [0.15, 0.2) is 54.6 Å². The van der Waals surface area contributed by atoms with Crippen molar-refractivity contribution in [2.24, 2.45) is 5.92 Å². The zero-order valence-electron chi connectivity index (χ0n) is 14.2. The highest BCUT2D eigenvalue weighted by Crippen LogP contribution is 2.34. The minimum atomic E-state index is -1.07. The van der Waals surface area contributed by atoms with Crippen LogP contribution in [0.2, 0.25) is 0 Å². The molecule has 26 heavy (non-hydrogen) atoms. The molecular formula is C20H21NO5. The molecule has 0 aromatic heterocycles. The minimum absolute atomic E-state index is 0.0155. The predicted molar refractivity (Wildman–Crippen MR) is 95.3 cm³/mol. The second kappa shape index (κ2) is 7.91. The standard InChI is InChI=1S/C20H21NO5/c22-19(23)18-12-21(20(24)25)11-10-17(18)15-6-8-16(9-7-15)26-13-14-4-2-1-3-5-14/h1-9,17-18H,10-13H2,(H,22,23)(H,24,25)/t17-,18-/m0/s1. The Morgan fingerprint density at radius 2 is 1.73 bits per heavy atom. The highest BCUT2D eigenvalue weighted by Gasteiger charge is 2.36. The number of hydrogen-bond donors (Lipinski definition) is 2. The summed E-state index contributed by atoms with van der Waals surface area (Å²) in [6.07, 6.45) is -0.576. The molecule has 1 aliphatic heterocycles. The van der Waals surface area contributed by atoms with Crippen LogP contribution in [0, 0.1) is 5.92 Å². The van der Waals surface area contributed by atoms with Crippen LogP contribution >= 0.6 is 0 Å². The lowest BCUT2D eigenvalue weighted by molar-refractivity contribution is -0.144. The second-order valence-electron chi connectivity index (χ2n) is 6.41. The molecule has 1 amide bonds. The molecule has 0 aliphatic carbocycles. The third-order valence-electron chi connectivity index (χ3n) is 4.76. The van der Waals surface area contributed by atoms with Crippen molar-refractivity contribution in [2.45, 2.75) is 18.9 Å². The van der Waals surface area contributed by atoms with Crippen LogP contribution in [-0.4, -0.2) is 40.3 Å². The molecule has 2 N–H and O–H groups in total. The zero-order valence-corrected chi connectivity index (χ0v) is 14.2. The number of rotatable bonds is 5. The van der Waals surface area contributed by atoms with Gasteiger partial charge in [-0.15, -0.1) is 0 Å². The Labute approximate surface area is 151 Å². The summed E-state index contributed by atoms with van der Waals surface area (Å²) in [4.78, 5) is 23.9. The second-order valence-corrected chi connectivity index (χ2v) is 6.41. The van der Waals surface area contributed by atoms with Crippen molar-refractivity contribution in [3.05, 3.63) is 65.7 Å². The summed E-state index contributed by atoms with van der Waals surface area (Å²) >= 11 is 0. The number of carboxylic acids is 1. The summed E-state index contributed by atoms with van der Waals surface area (Å²) in [6.45, 7) is 0.826. The number of piperidine rings is 1. The summed E-state index contributed by atoms with van der Waals surface area (Å²) in [5.74, 6) is -1.19. The fraction of sp³-hybridized carbons (Fsp3) is 0.300.